The van der Waals surface area contributed by atoms with Gasteiger partial charge < -0.3 is 10.1 Å². The number of imidazole rings is 1. The number of hydrogen-bond donors (Lipinski definition) is 1. The van der Waals surface area contributed by atoms with E-state index in [1.165, 1.54) is 17.3 Å². The predicted octanol–water partition coefficient (Wildman–Crippen LogP) is 4.24. The van der Waals surface area contributed by atoms with Crippen LogP contribution in [0, 0.1) is 6.92 Å². The van der Waals surface area contributed by atoms with Crippen molar-refractivity contribution in [2.45, 2.75) is 31.0 Å². The van der Waals surface area contributed by atoms with Crippen LogP contribution >= 0.6 is 11.8 Å². The van der Waals surface area contributed by atoms with Crippen molar-refractivity contribution >= 4 is 17.7 Å². The first-order valence-electron chi connectivity index (χ1n) is 9.92. The normalized spacial score (nSPS) is 16.1. The second-order valence-corrected chi connectivity index (χ2v) is 8.15. The van der Waals surface area contributed by atoms with Gasteiger partial charge in [-0.05, 0) is 31.9 Å². The third kappa shape index (κ3) is 5.08. The number of nitrogens with zero attached hydrogens (tertiary/aromatic N) is 2. The van der Waals surface area contributed by atoms with Crippen molar-refractivity contribution in [3.63, 3.8) is 0 Å². The van der Waals surface area contributed by atoms with Gasteiger partial charge in [0.1, 0.15) is 0 Å². The molecule has 2 aromatic carbocycles. The summed E-state index contributed by atoms with van der Waals surface area (Å²) < 4.78 is 7.62. The number of carbonyl (C=O) groups is 1. The van der Waals surface area contributed by atoms with Gasteiger partial charge in [0.05, 0.1) is 17.6 Å². The summed E-state index contributed by atoms with van der Waals surface area (Å²) in [6, 6.07) is 18.4. The molecule has 0 radical (unpaired) electrons. The fourth-order valence-electron chi connectivity index (χ4n) is 3.32. The largest absolute Gasteiger partial charge is 0.376 e. The van der Waals surface area contributed by atoms with Gasteiger partial charge in [-0.15, -0.1) is 0 Å². The molecule has 150 valence electrons. The fourth-order valence-corrected chi connectivity index (χ4v) is 4.14. The van der Waals surface area contributed by atoms with Crippen molar-refractivity contribution in [1.82, 2.24) is 14.9 Å². The van der Waals surface area contributed by atoms with Gasteiger partial charge in [0, 0.05) is 30.6 Å². The molecule has 0 spiro atoms. The number of aryl methyl sites for hydroxylation is 1. The molecule has 3 aromatic rings. The minimum Gasteiger partial charge on any atom is -0.376 e. The number of amides is 1. The number of thioether (sulfide) groups is 1. The van der Waals surface area contributed by atoms with E-state index in [1.54, 1.807) is 0 Å². The lowest BCUT2D eigenvalue weighted by molar-refractivity contribution is -0.119. The van der Waals surface area contributed by atoms with Crippen molar-refractivity contribution in [3.8, 4) is 16.9 Å². The lowest BCUT2D eigenvalue weighted by atomic mass is 10.2. The number of hydrogen-bond acceptors (Lipinski definition) is 4. The molecular weight excluding hydrogens is 382 g/mol. The Labute approximate surface area is 175 Å². The van der Waals surface area contributed by atoms with Crippen molar-refractivity contribution in [2.24, 2.45) is 0 Å². The summed E-state index contributed by atoms with van der Waals surface area (Å²) in [7, 11) is 0. The summed E-state index contributed by atoms with van der Waals surface area (Å²) in [6.45, 7) is 3.45. The van der Waals surface area contributed by atoms with E-state index in [9.17, 15) is 4.79 Å². The predicted molar refractivity (Wildman–Crippen MR) is 116 cm³/mol. The molecule has 1 aliphatic heterocycles. The molecule has 2 heterocycles. The number of benzene rings is 2. The number of carbonyl (C=O) groups excluding carboxylic acids is 1. The molecular formula is C23H25N3O2S. The lowest BCUT2D eigenvalue weighted by Crippen LogP contribution is -2.32. The van der Waals surface area contributed by atoms with Crippen LogP contribution in [0.25, 0.3) is 16.9 Å². The SMILES string of the molecule is Cc1ccc(-n2cc(-c3ccccc3)nc2SCC(=O)NCC2CCCO2)cc1. The van der Waals surface area contributed by atoms with Crippen molar-refractivity contribution in [3.05, 3.63) is 66.4 Å². The maximum absolute atomic E-state index is 12.3. The van der Waals surface area contributed by atoms with Crippen LogP contribution in [0.15, 0.2) is 66.0 Å². The Hall–Kier alpha value is -2.57. The summed E-state index contributed by atoms with van der Waals surface area (Å²) in [5, 5.41) is 3.78. The van der Waals surface area contributed by atoms with Crippen LogP contribution in [-0.4, -0.2) is 40.5 Å². The quantitative estimate of drug-likeness (QED) is 0.596. The molecule has 1 aliphatic rings. The van der Waals surface area contributed by atoms with Crippen LogP contribution in [0.5, 0.6) is 0 Å². The van der Waals surface area contributed by atoms with Gasteiger partial charge >= 0.3 is 0 Å². The van der Waals surface area contributed by atoms with Crippen molar-refractivity contribution in [1.29, 1.82) is 0 Å². The number of aromatic nitrogens is 2. The van der Waals surface area contributed by atoms with Crippen molar-refractivity contribution < 1.29 is 9.53 Å². The molecule has 4 rings (SSSR count). The first-order chi connectivity index (χ1) is 14.2. The Kier molecular flexibility index (Phi) is 6.32. The fraction of sp³-hybridized carbons (Fsp3) is 0.304. The Morgan fingerprint density at radius 3 is 2.72 bits per heavy atom. The van der Waals surface area contributed by atoms with E-state index in [4.69, 9.17) is 9.72 Å². The molecule has 1 atom stereocenters. The zero-order valence-corrected chi connectivity index (χ0v) is 17.3. The zero-order valence-electron chi connectivity index (χ0n) is 16.5. The van der Waals surface area contributed by atoms with Crippen LogP contribution in [0.4, 0.5) is 0 Å². The third-order valence-electron chi connectivity index (χ3n) is 4.94. The molecule has 5 nitrogen and oxygen atoms in total. The van der Waals surface area contributed by atoms with Crippen molar-refractivity contribution in [2.75, 3.05) is 18.9 Å². The first-order valence-corrected chi connectivity index (χ1v) is 10.9. The van der Waals surface area contributed by atoms with Crippen LogP contribution in [0.1, 0.15) is 18.4 Å². The molecule has 1 N–H and O–H groups in total. The highest BCUT2D eigenvalue weighted by Crippen LogP contribution is 2.27. The molecule has 1 saturated heterocycles. The van der Waals surface area contributed by atoms with Crippen LogP contribution in [0.3, 0.4) is 0 Å². The summed E-state index contributed by atoms with van der Waals surface area (Å²) in [4.78, 5) is 17.1. The molecule has 29 heavy (non-hydrogen) atoms. The van der Waals surface area contributed by atoms with E-state index in [0.29, 0.717) is 12.3 Å². The summed E-state index contributed by atoms with van der Waals surface area (Å²) >= 11 is 1.45. The zero-order chi connectivity index (χ0) is 20.1. The first kappa shape index (κ1) is 19.7. The Balaban J connectivity index is 1.50. The summed E-state index contributed by atoms with van der Waals surface area (Å²) in [5.74, 6) is 0.328. The average molecular weight is 408 g/mol. The van der Waals surface area contributed by atoms with Gasteiger partial charge in [-0.25, -0.2) is 4.98 Å². The standard InChI is InChI=1S/C23H25N3O2S/c1-17-9-11-19(12-10-17)26-15-21(18-6-3-2-4-7-18)25-23(26)29-16-22(27)24-14-20-8-5-13-28-20/h2-4,6-7,9-12,15,20H,5,8,13-14,16H2,1H3,(H,24,27). The second kappa shape index (κ2) is 9.29. The van der Waals surface area contributed by atoms with Gasteiger partial charge in [0.25, 0.3) is 0 Å². The van der Waals surface area contributed by atoms with Gasteiger partial charge in [-0.3, -0.25) is 9.36 Å². The Morgan fingerprint density at radius 1 is 1.21 bits per heavy atom. The molecule has 1 unspecified atom stereocenters. The second-order valence-electron chi connectivity index (χ2n) is 7.21. The van der Waals surface area contributed by atoms with Crippen LogP contribution in [0.2, 0.25) is 0 Å². The maximum atomic E-state index is 12.3. The molecule has 1 aromatic heterocycles. The van der Waals surface area contributed by atoms with Gasteiger partial charge in [-0.2, -0.15) is 0 Å². The molecule has 6 heteroatoms. The Bertz CT molecular complexity index is 948. The van der Waals surface area contributed by atoms with E-state index in [-0.39, 0.29) is 12.0 Å². The highest BCUT2D eigenvalue weighted by molar-refractivity contribution is 7.99. The average Bonchev–Trinajstić information content (AvgIpc) is 3.42. The molecule has 0 saturated carbocycles. The Morgan fingerprint density at radius 2 is 2.00 bits per heavy atom. The van der Waals surface area contributed by atoms with Crippen LogP contribution in [-0.2, 0) is 9.53 Å². The number of rotatable bonds is 7. The number of ether oxygens (including phenoxy) is 1. The van der Waals surface area contributed by atoms with E-state index < -0.39 is 0 Å². The monoisotopic (exact) mass is 407 g/mol. The van der Waals surface area contributed by atoms with Gasteiger partial charge in [0.15, 0.2) is 5.16 Å². The highest BCUT2D eigenvalue weighted by Gasteiger charge is 2.17. The van der Waals surface area contributed by atoms with Gasteiger partial charge in [-0.1, -0.05) is 59.8 Å². The minimum atomic E-state index is 0.00483. The highest BCUT2D eigenvalue weighted by atomic mass is 32.2. The minimum absolute atomic E-state index is 0.00483. The third-order valence-corrected chi connectivity index (χ3v) is 5.89. The number of nitrogens with one attached hydrogen (secondary N) is 1. The molecule has 1 fully saturated rings. The topological polar surface area (TPSA) is 56.2 Å². The van der Waals surface area contributed by atoms with E-state index in [0.717, 1.165) is 41.5 Å². The smallest absolute Gasteiger partial charge is 0.230 e. The van der Waals surface area contributed by atoms with E-state index >= 15 is 0 Å². The maximum Gasteiger partial charge on any atom is 0.230 e. The van der Waals surface area contributed by atoms with Gasteiger partial charge in [0.2, 0.25) is 5.91 Å². The molecule has 0 bridgehead atoms. The van der Waals surface area contributed by atoms with E-state index in [2.05, 4.69) is 41.1 Å². The summed E-state index contributed by atoms with van der Waals surface area (Å²) in [6.07, 6.45) is 4.28. The molecule has 0 aliphatic carbocycles. The summed E-state index contributed by atoms with van der Waals surface area (Å²) in [5.41, 5.74) is 4.20. The molecule has 1 amide bonds. The lowest BCUT2D eigenvalue weighted by Gasteiger charge is -2.11. The van der Waals surface area contributed by atoms with Crippen LogP contribution < -0.4 is 5.32 Å². The van der Waals surface area contributed by atoms with E-state index in [1.807, 2.05) is 36.5 Å².